The van der Waals surface area contributed by atoms with Crippen LogP contribution in [0, 0.1) is 5.92 Å². The molecule has 0 aliphatic carbocycles. The van der Waals surface area contributed by atoms with E-state index in [0.717, 1.165) is 5.56 Å². The number of cyclic esters (lactones) is 1. The number of carbonyl (C=O) groups excluding carboxylic acids is 2. The number of likely N-dealkylation sites (N-methyl/N-ethyl adjacent to an activating group) is 1. The molecule has 6 nitrogen and oxygen atoms in total. The first-order chi connectivity index (χ1) is 12.5. The number of esters is 1. The van der Waals surface area contributed by atoms with Crippen LogP contribution in [0.5, 0.6) is 0 Å². The van der Waals surface area contributed by atoms with Crippen LogP contribution in [0.15, 0.2) is 42.7 Å². The molecular weight excluding hydrogens is 334 g/mol. The molecule has 0 bridgehead atoms. The monoisotopic (exact) mass is 361 g/mol. The van der Waals surface area contributed by atoms with Gasteiger partial charge in [-0.25, -0.2) is 0 Å². The summed E-state index contributed by atoms with van der Waals surface area (Å²) in [4.78, 5) is 23.4. The zero-order valence-electron chi connectivity index (χ0n) is 15.5. The second kappa shape index (κ2) is 10.1. The van der Waals surface area contributed by atoms with E-state index in [1.165, 1.54) is 19.3 Å². The molecule has 0 radical (unpaired) electrons. The number of rotatable bonds is 6. The molecule has 142 valence electrons. The van der Waals surface area contributed by atoms with Gasteiger partial charge < -0.3 is 19.5 Å². The van der Waals surface area contributed by atoms with E-state index >= 15 is 0 Å². The molecule has 0 spiro atoms. The van der Waals surface area contributed by atoms with Crippen molar-refractivity contribution in [3.63, 3.8) is 0 Å². The van der Waals surface area contributed by atoms with Gasteiger partial charge in [0.1, 0.15) is 18.2 Å². The van der Waals surface area contributed by atoms with Crippen molar-refractivity contribution in [1.82, 2.24) is 5.32 Å². The third-order valence-electron chi connectivity index (χ3n) is 4.36. The second-order valence-electron chi connectivity index (χ2n) is 6.48. The van der Waals surface area contributed by atoms with Crippen LogP contribution in [0.4, 0.5) is 0 Å². The summed E-state index contributed by atoms with van der Waals surface area (Å²) in [6.07, 6.45) is 2.54. The Bertz CT molecular complexity index is 616. The molecular formula is C20H27NO5. The van der Waals surface area contributed by atoms with E-state index < -0.39 is 18.2 Å². The fraction of sp³-hybridized carbons (Fsp3) is 0.500. The number of carbonyl (C=O) groups is 2. The fourth-order valence-electron chi connectivity index (χ4n) is 2.96. The first kappa shape index (κ1) is 20.1. The topological polar surface area (TPSA) is 73.9 Å². The summed E-state index contributed by atoms with van der Waals surface area (Å²) in [6.45, 7) is 3.92. The van der Waals surface area contributed by atoms with Crippen LogP contribution in [0.1, 0.15) is 19.4 Å². The third-order valence-corrected chi connectivity index (χ3v) is 4.36. The van der Waals surface area contributed by atoms with Gasteiger partial charge in [0.25, 0.3) is 0 Å². The van der Waals surface area contributed by atoms with Gasteiger partial charge >= 0.3 is 5.97 Å². The summed E-state index contributed by atoms with van der Waals surface area (Å²) in [5, 5.41) is 2.91. The Morgan fingerprint density at radius 1 is 1.31 bits per heavy atom. The lowest BCUT2D eigenvalue weighted by molar-refractivity contribution is -0.157. The van der Waals surface area contributed by atoms with Gasteiger partial charge in [0.15, 0.2) is 5.78 Å². The quantitative estimate of drug-likeness (QED) is 0.474. The van der Waals surface area contributed by atoms with Crippen LogP contribution in [0.3, 0.4) is 0 Å². The molecule has 1 fully saturated rings. The van der Waals surface area contributed by atoms with E-state index in [2.05, 4.69) is 5.32 Å². The number of benzene rings is 1. The van der Waals surface area contributed by atoms with E-state index in [0.29, 0.717) is 13.0 Å². The average molecular weight is 361 g/mol. The Morgan fingerprint density at radius 2 is 2.04 bits per heavy atom. The van der Waals surface area contributed by atoms with Gasteiger partial charge in [0.05, 0.1) is 19.5 Å². The van der Waals surface area contributed by atoms with Crippen molar-refractivity contribution < 1.29 is 23.8 Å². The summed E-state index contributed by atoms with van der Waals surface area (Å²) in [5.74, 6) is -0.513. The summed E-state index contributed by atoms with van der Waals surface area (Å²) < 4.78 is 17.2. The largest absolute Gasteiger partial charge is 0.494 e. The minimum atomic E-state index is -0.513. The highest BCUT2D eigenvalue weighted by atomic mass is 16.6. The lowest BCUT2D eigenvalue weighted by atomic mass is 9.91. The van der Waals surface area contributed by atoms with E-state index in [9.17, 15) is 9.59 Å². The molecule has 1 aliphatic heterocycles. The maximum Gasteiger partial charge on any atom is 0.325 e. The number of allylic oxidation sites excluding steroid dienone is 1. The minimum absolute atomic E-state index is 0.0348. The lowest BCUT2D eigenvalue weighted by Gasteiger charge is -2.30. The summed E-state index contributed by atoms with van der Waals surface area (Å²) >= 11 is 0. The summed E-state index contributed by atoms with van der Waals surface area (Å²) in [7, 11) is 1.70. The van der Waals surface area contributed by atoms with Crippen molar-refractivity contribution in [1.29, 1.82) is 0 Å². The SMILES string of the molecule is CN[C@H]1COC[C@H](Cc2ccccc2)[C@@H](O/C=C/C(C)=O)[C@H](C)OC1=O. The molecule has 26 heavy (non-hydrogen) atoms. The molecule has 0 aromatic heterocycles. The maximum absolute atomic E-state index is 12.3. The zero-order valence-corrected chi connectivity index (χ0v) is 15.5. The van der Waals surface area contributed by atoms with Crippen LogP contribution in [-0.4, -0.2) is 50.3 Å². The van der Waals surface area contributed by atoms with E-state index in [4.69, 9.17) is 14.2 Å². The van der Waals surface area contributed by atoms with Crippen LogP contribution < -0.4 is 5.32 Å². The molecule has 1 saturated heterocycles. The first-order valence-electron chi connectivity index (χ1n) is 8.83. The fourth-order valence-corrected chi connectivity index (χ4v) is 2.96. The van der Waals surface area contributed by atoms with E-state index in [-0.39, 0.29) is 24.3 Å². The average Bonchev–Trinajstić information content (AvgIpc) is 2.66. The molecule has 1 aromatic carbocycles. The highest BCUT2D eigenvalue weighted by molar-refractivity contribution is 5.86. The van der Waals surface area contributed by atoms with Gasteiger partial charge in [-0.05, 0) is 32.9 Å². The Labute approximate surface area is 154 Å². The molecule has 4 atom stereocenters. The minimum Gasteiger partial charge on any atom is -0.494 e. The van der Waals surface area contributed by atoms with Crippen molar-refractivity contribution >= 4 is 11.8 Å². The Kier molecular flexibility index (Phi) is 7.81. The Balaban J connectivity index is 2.22. The van der Waals surface area contributed by atoms with Crippen molar-refractivity contribution in [2.24, 2.45) is 5.92 Å². The van der Waals surface area contributed by atoms with Crippen molar-refractivity contribution in [2.45, 2.75) is 38.5 Å². The van der Waals surface area contributed by atoms with Gasteiger partial charge in [-0.3, -0.25) is 9.59 Å². The molecule has 1 aliphatic rings. The zero-order chi connectivity index (χ0) is 18.9. The third kappa shape index (κ3) is 5.97. The second-order valence-corrected chi connectivity index (χ2v) is 6.48. The van der Waals surface area contributed by atoms with E-state index in [1.807, 2.05) is 30.3 Å². The summed E-state index contributed by atoms with van der Waals surface area (Å²) in [5.41, 5.74) is 1.15. The van der Waals surface area contributed by atoms with Gasteiger partial charge in [0, 0.05) is 12.0 Å². The molecule has 1 heterocycles. The highest BCUT2D eigenvalue weighted by Crippen LogP contribution is 2.22. The molecule has 0 amide bonds. The van der Waals surface area contributed by atoms with Gasteiger partial charge in [-0.2, -0.15) is 0 Å². The number of ketones is 1. The predicted octanol–water partition coefficient (Wildman–Crippen LogP) is 1.88. The van der Waals surface area contributed by atoms with Crippen molar-refractivity contribution in [3.8, 4) is 0 Å². The molecule has 1 N–H and O–H groups in total. The number of nitrogens with one attached hydrogen (secondary N) is 1. The standard InChI is InChI=1S/C20H27NO5/c1-14(22)9-10-25-19-15(2)26-20(23)18(21-3)13-24-12-17(19)11-16-7-5-4-6-8-16/h4-10,15,17-19,21H,11-13H2,1-3H3/b10-9+/t15-,17-,18-,19-/m0/s1. The van der Waals surface area contributed by atoms with Crippen molar-refractivity contribution in [2.75, 3.05) is 20.3 Å². The highest BCUT2D eigenvalue weighted by Gasteiger charge is 2.34. The Hall–Kier alpha value is -2.18. The van der Waals surface area contributed by atoms with Gasteiger partial charge in [-0.15, -0.1) is 0 Å². The van der Waals surface area contributed by atoms with E-state index in [1.54, 1.807) is 14.0 Å². The molecule has 2 rings (SSSR count). The van der Waals surface area contributed by atoms with Crippen LogP contribution >= 0.6 is 0 Å². The van der Waals surface area contributed by atoms with Crippen LogP contribution in [-0.2, 0) is 30.2 Å². The van der Waals surface area contributed by atoms with Crippen molar-refractivity contribution in [3.05, 3.63) is 48.2 Å². The van der Waals surface area contributed by atoms with Crippen LogP contribution in [0.25, 0.3) is 0 Å². The smallest absolute Gasteiger partial charge is 0.325 e. The number of ether oxygens (including phenoxy) is 3. The molecule has 0 saturated carbocycles. The summed E-state index contributed by atoms with van der Waals surface area (Å²) in [6, 6.07) is 9.51. The van der Waals surface area contributed by atoms with Crippen LogP contribution in [0.2, 0.25) is 0 Å². The first-order valence-corrected chi connectivity index (χ1v) is 8.83. The molecule has 1 aromatic rings. The number of hydrogen-bond donors (Lipinski definition) is 1. The number of hydrogen-bond acceptors (Lipinski definition) is 6. The normalized spacial score (nSPS) is 27.3. The maximum atomic E-state index is 12.3. The molecule has 6 heteroatoms. The lowest BCUT2D eigenvalue weighted by Crippen LogP contribution is -2.42. The predicted molar refractivity (Wildman–Crippen MR) is 97.6 cm³/mol. The van der Waals surface area contributed by atoms with Gasteiger partial charge in [0.2, 0.25) is 0 Å². The Morgan fingerprint density at radius 3 is 2.69 bits per heavy atom. The van der Waals surface area contributed by atoms with Gasteiger partial charge in [-0.1, -0.05) is 30.3 Å². The molecule has 0 unspecified atom stereocenters.